The van der Waals surface area contributed by atoms with Gasteiger partial charge < -0.3 is 5.32 Å². The molecule has 17 heavy (non-hydrogen) atoms. The molecule has 2 atom stereocenters. The molecule has 0 bridgehead atoms. The van der Waals surface area contributed by atoms with E-state index in [1.54, 1.807) is 0 Å². The van der Waals surface area contributed by atoms with E-state index < -0.39 is 17.5 Å². The molecule has 94 valence electrons. The maximum atomic E-state index is 13.3. The molecule has 1 rings (SSSR count). The van der Waals surface area contributed by atoms with E-state index in [2.05, 4.69) is 21.2 Å². The van der Waals surface area contributed by atoms with Crippen molar-refractivity contribution >= 4 is 21.8 Å². The van der Waals surface area contributed by atoms with Crippen molar-refractivity contribution in [3.8, 4) is 0 Å². The van der Waals surface area contributed by atoms with E-state index in [0.717, 1.165) is 18.2 Å². The topological polar surface area (TPSA) is 29.1 Å². The lowest BCUT2D eigenvalue weighted by Crippen LogP contribution is -2.34. The Morgan fingerprint density at radius 3 is 2.65 bits per heavy atom. The van der Waals surface area contributed by atoms with Crippen LogP contribution < -0.4 is 5.32 Å². The van der Waals surface area contributed by atoms with Crippen LogP contribution in [0.25, 0.3) is 0 Å². The molecule has 1 aromatic rings. The predicted octanol–water partition coefficient (Wildman–Crippen LogP) is 3.26. The molecule has 0 saturated heterocycles. The van der Waals surface area contributed by atoms with Gasteiger partial charge in [-0.25, -0.2) is 8.78 Å². The van der Waals surface area contributed by atoms with Gasteiger partial charge in [-0.1, -0.05) is 22.9 Å². The van der Waals surface area contributed by atoms with Gasteiger partial charge in [0.15, 0.2) is 0 Å². The van der Waals surface area contributed by atoms with Crippen molar-refractivity contribution in [2.24, 2.45) is 0 Å². The first-order valence-electron chi connectivity index (χ1n) is 5.30. The smallest absolute Gasteiger partial charge is 0.254 e. The van der Waals surface area contributed by atoms with Crippen LogP contribution in [-0.2, 0) is 0 Å². The molecule has 1 N–H and O–H groups in total. The Balaban J connectivity index is 2.73. The molecule has 0 spiro atoms. The van der Waals surface area contributed by atoms with Crippen molar-refractivity contribution in [1.82, 2.24) is 5.32 Å². The van der Waals surface area contributed by atoms with Gasteiger partial charge in [-0.2, -0.15) is 0 Å². The standard InChI is InChI=1S/C12H14BrF2NO/c1-7(13)5-8(2)16-12(17)10-6-9(14)3-4-11(10)15/h3-4,6-8H,5H2,1-2H3,(H,16,17). The number of rotatable bonds is 4. The van der Waals surface area contributed by atoms with Crippen molar-refractivity contribution in [2.75, 3.05) is 0 Å². The van der Waals surface area contributed by atoms with Gasteiger partial charge in [0.25, 0.3) is 5.91 Å². The Labute approximate surface area is 108 Å². The van der Waals surface area contributed by atoms with Gasteiger partial charge in [0, 0.05) is 10.9 Å². The largest absolute Gasteiger partial charge is 0.349 e. The van der Waals surface area contributed by atoms with E-state index in [1.165, 1.54) is 0 Å². The van der Waals surface area contributed by atoms with Gasteiger partial charge in [0.1, 0.15) is 11.6 Å². The summed E-state index contributed by atoms with van der Waals surface area (Å²) >= 11 is 3.36. The zero-order valence-electron chi connectivity index (χ0n) is 9.64. The van der Waals surface area contributed by atoms with Crippen LogP contribution in [0.3, 0.4) is 0 Å². The maximum absolute atomic E-state index is 13.3. The average molecular weight is 306 g/mol. The molecule has 0 heterocycles. The third-order valence-electron chi connectivity index (χ3n) is 2.23. The average Bonchev–Trinajstić information content (AvgIpc) is 2.20. The van der Waals surface area contributed by atoms with Gasteiger partial charge in [0.05, 0.1) is 5.56 Å². The summed E-state index contributed by atoms with van der Waals surface area (Å²) in [5.41, 5.74) is -0.265. The van der Waals surface area contributed by atoms with Gasteiger partial charge in [0.2, 0.25) is 0 Å². The number of amides is 1. The first kappa shape index (κ1) is 14.1. The first-order valence-corrected chi connectivity index (χ1v) is 6.21. The summed E-state index contributed by atoms with van der Waals surface area (Å²) in [5.74, 6) is -1.94. The van der Waals surface area contributed by atoms with Crippen LogP contribution in [0.15, 0.2) is 18.2 Å². The lowest BCUT2D eigenvalue weighted by atomic mass is 10.1. The van der Waals surface area contributed by atoms with E-state index in [1.807, 2.05) is 13.8 Å². The highest BCUT2D eigenvalue weighted by Crippen LogP contribution is 2.11. The second kappa shape index (κ2) is 6.10. The number of hydrogen-bond donors (Lipinski definition) is 1. The van der Waals surface area contributed by atoms with E-state index in [4.69, 9.17) is 0 Å². The normalized spacial score (nSPS) is 14.2. The number of carbonyl (C=O) groups excluding carboxylic acids is 1. The minimum absolute atomic E-state index is 0.112. The fourth-order valence-electron chi connectivity index (χ4n) is 1.52. The maximum Gasteiger partial charge on any atom is 0.254 e. The molecular weight excluding hydrogens is 292 g/mol. The molecule has 0 aliphatic carbocycles. The number of alkyl halides is 1. The van der Waals surface area contributed by atoms with Crippen LogP contribution in [0.5, 0.6) is 0 Å². The molecule has 5 heteroatoms. The highest BCUT2D eigenvalue weighted by molar-refractivity contribution is 9.09. The lowest BCUT2D eigenvalue weighted by Gasteiger charge is -2.15. The molecule has 0 aliphatic heterocycles. The van der Waals surface area contributed by atoms with Crippen molar-refractivity contribution < 1.29 is 13.6 Å². The summed E-state index contributed by atoms with van der Waals surface area (Å²) in [7, 11) is 0. The summed E-state index contributed by atoms with van der Waals surface area (Å²) in [6, 6.07) is 2.71. The molecular formula is C12H14BrF2NO. The monoisotopic (exact) mass is 305 g/mol. The molecule has 0 radical (unpaired) electrons. The van der Waals surface area contributed by atoms with Crippen molar-refractivity contribution in [1.29, 1.82) is 0 Å². The number of nitrogens with one attached hydrogen (secondary N) is 1. The van der Waals surface area contributed by atoms with Gasteiger partial charge >= 0.3 is 0 Å². The second-order valence-electron chi connectivity index (χ2n) is 4.02. The van der Waals surface area contributed by atoms with Gasteiger partial charge in [-0.05, 0) is 31.5 Å². The van der Waals surface area contributed by atoms with Crippen LogP contribution in [-0.4, -0.2) is 16.8 Å². The Morgan fingerprint density at radius 2 is 2.06 bits per heavy atom. The lowest BCUT2D eigenvalue weighted by molar-refractivity contribution is 0.0934. The highest BCUT2D eigenvalue weighted by Gasteiger charge is 2.15. The number of carbonyl (C=O) groups is 1. The molecule has 1 aromatic carbocycles. The zero-order valence-corrected chi connectivity index (χ0v) is 11.2. The van der Waals surface area contributed by atoms with Gasteiger partial charge in [-0.3, -0.25) is 4.79 Å². The van der Waals surface area contributed by atoms with Crippen LogP contribution in [0.2, 0.25) is 0 Å². The van der Waals surface area contributed by atoms with E-state index >= 15 is 0 Å². The summed E-state index contributed by atoms with van der Waals surface area (Å²) in [6.45, 7) is 3.76. The summed E-state index contributed by atoms with van der Waals surface area (Å²) in [6.07, 6.45) is 0.711. The Bertz CT molecular complexity index is 409. The Morgan fingerprint density at radius 1 is 1.41 bits per heavy atom. The molecule has 2 nitrogen and oxygen atoms in total. The van der Waals surface area contributed by atoms with E-state index in [0.29, 0.717) is 6.42 Å². The molecule has 2 unspecified atom stereocenters. The highest BCUT2D eigenvalue weighted by atomic mass is 79.9. The minimum Gasteiger partial charge on any atom is -0.349 e. The third kappa shape index (κ3) is 4.42. The number of halogens is 3. The molecule has 0 aromatic heterocycles. The fourth-order valence-corrected chi connectivity index (χ4v) is 2.08. The number of benzene rings is 1. The predicted molar refractivity (Wildman–Crippen MR) is 66.3 cm³/mol. The molecule has 0 fully saturated rings. The molecule has 0 aliphatic rings. The Hall–Kier alpha value is -0.970. The van der Waals surface area contributed by atoms with E-state index in [-0.39, 0.29) is 16.4 Å². The minimum atomic E-state index is -0.719. The van der Waals surface area contributed by atoms with Crippen LogP contribution in [0.4, 0.5) is 8.78 Å². The van der Waals surface area contributed by atoms with Crippen LogP contribution >= 0.6 is 15.9 Å². The first-order chi connectivity index (χ1) is 7.90. The summed E-state index contributed by atoms with van der Waals surface area (Å²) in [4.78, 5) is 11.9. The van der Waals surface area contributed by atoms with Crippen molar-refractivity contribution in [3.05, 3.63) is 35.4 Å². The van der Waals surface area contributed by atoms with Crippen LogP contribution in [0, 0.1) is 11.6 Å². The van der Waals surface area contributed by atoms with Crippen molar-refractivity contribution in [3.63, 3.8) is 0 Å². The van der Waals surface area contributed by atoms with E-state index in [9.17, 15) is 13.6 Å². The fraction of sp³-hybridized carbons (Fsp3) is 0.417. The van der Waals surface area contributed by atoms with Crippen molar-refractivity contribution in [2.45, 2.75) is 31.1 Å². The summed E-state index contributed by atoms with van der Waals surface area (Å²) in [5, 5.41) is 2.62. The van der Waals surface area contributed by atoms with Gasteiger partial charge in [-0.15, -0.1) is 0 Å². The second-order valence-corrected chi connectivity index (χ2v) is 5.58. The molecule has 0 saturated carbocycles. The van der Waals surface area contributed by atoms with Crippen LogP contribution in [0.1, 0.15) is 30.6 Å². The SMILES string of the molecule is CC(Br)CC(C)NC(=O)c1cc(F)ccc1F. The third-order valence-corrected chi connectivity index (χ3v) is 2.60. The summed E-state index contributed by atoms with van der Waals surface area (Å²) < 4.78 is 26.2. The molecule has 1 amide bonds. The number of hydrogen-bond acceptors (Lipinski definition) is 1. The quantitative estimate of drug-likeness (QED) is 0.850. The Kier molecular flexibility index (Phi) is 5.05. The zero-order chi connectivity index (χ0) is 13.0.